The van der Waals surface area contributed by atoms with Crippen LogP contribution in [0.2, 0.25) is 0 Å². The summed E-state index contributed by atoms with van der Waals surface area (Å²) in [7, 11) is 5.91. The van der Waals surface area contributed by atoms with E-state index in [-0.39, 0.29) is 6.10 Å². The fourth-order valence-electron chi connectivity index (χ4n) is 2.46. The molecule has 114 valence electrons. The summed E-state index contributed by atoms with van der Waals surface area (Å²) >= 11 is 0. The van der Waals surface area contributed by atoms with E-state index in [1.807, 2.05) is 6.92 Å². The molecule has 2 atom stereocenters. The molecule has 0 spiro atoms. The van der Waals surface area contributed by atoms with Crippen LogP contribution in [0.25, 0.3) is 0 Å². The molecule has 0 heterocycles. The van der Waals surface area contributed by atoms with Crippen molar-refractivity contribution in [3.8, 4) is 0 Å². The Kier molecular flexibility index (Phi) is 7.25. The molecule has 0 saturated heterocycles. The predicted molar refractivity (Wildman–Crippen MR) is 76.4 cm³/mol. The second-order valence-corrected chi connectivity index (χ2v) is 5.86. The molecule has 1 fully saturated rings. The average molecular weight is 274 g/mol. The van der Waals surface area contributed by atoms with Gasteiger partial charge in [-0.05, 0) is 40.3 Å². The molecule has 0 bridgehead atoms. The Bertz CT molecular complexity index is 245. The second kappa shape index (κ2) is 8.17. The van der Waals surface area contributed by atoms with Gasteiger partial charge in [0.15, 0.2) is 0 Å². The highest BCUT2D eigenvalue weighted by atomic mass is 16.5. The van der Waals surface area contributed by atoms with E-state index in [1.165, 1.54) is 19.3 Å². The molecule has 0 aromatic heterocycles. The molecular weight excluding hydrogens is 244 g/mol. The van der Waals surface area contributed by atoms with E-state index in [0.29, 0.717) is 25.3 Å². The van der Waals surface area contributed by atoms with Crippen molar-refractivity contribution in [1.29, 1.82) is 0 Å². The van der Waals surface area contributed by atoms with Crippen LogP contribution in [0.15, 0.2) is 0 Å². The van der Waals surface area contributed by atoms with Crippen LogP contribution >= 0.6 is 0 Å². The maximum atomic E-state index is 9.85. The highest BCUT2D eigenvalue weighted by molar-refractivity contribution is 4.97. The molecule has 0 aromatic carbocycles. The van der Waals surface area contributed by atoms with E-state index >= 15 is 0 Å². The van der Waals surface area contributed by atoms with Crippen molar-refractivity contribution in [3.05, 3.63) is 0 Å². The zero-order chi connectivity index (χ0) is 14.3. The number of nitrogens with one attached hydrogen (secondary N) is 1. The van der Waals surface area contributed by atoms with E-state index in [4.69, 9.17) is 9.47 Å². The maximum absolute atomic E-state index is 9.85. The zero-order valence-electron chi connectivity index (χ0n) is 12.8. The molecule has 1 saturated carbocycles. The molecule has 1 rings (SSSR count). The SMILES string of the molecule is COCC(C)OCC(O)CNCC1(N(C)C)CCC1. The maximum Gasteiger partial charge on any atom is 0.0897 e. The highest BCUT2D eigenvalue weighted by Crippen LogP contribution is 2.35. The van der Waals surface area contributed by atoms with Crippen LogP contribution < -0.4 is 5.32 Å². The molecule has 0 aromatic rings. The summed E-state index contributed by atoms with van der Waals surface area (Å²) < 4.78 is 10.5. The Labute approximate surface area is 117 Å². The molecular formula is C14H30N2O3. The van der Waals surface area contributed by atoms with Gasteiger partial charge in [0.05, 0.1) is 25.4 Å². The van der Waals surface area contributed by atoms with Crippen LogP contribution in [0.4, 0.5) is 0 Å². The van der Waals surface area contributed by atoms with Crippen LogP contribution in [0.1, 0.15) is 26.2 Å². The molecule has 2 N–H and O–H groups in total. The fraction of sp³-hybridized carbons (Fsp3) is 1.00. The summed E-state index contributed by atoms with van der Waals surface area (Å²) in [6.45, 7) is 4.37. The van der Waals surface area contributed by atoms with Gasteiger partial charge in [0.1, 0.15) is 0 Å². The van der Waals surface area contributed by atoms with Crippen molar-refractivity contribution in [3.63, 3.8) is 0 Å². The lowest BCUT2D eigenvalue weighted by Crippen LogP contribution is -2.57. The summed E-state index contributed by atoms with van der Waals surface area (Å²) in [4.78, 5) is 2.30. The van der Waals surface area contributed by atoms with Gasteiger partial charge in [-0.3, -0.25) is 0 Å². The molecule has 0 radical (unpaired) electrons. The molecule has 0 aliphatic heterocycles. The minimum absolute atomic E-state index is 0.0272. The van der Waals surface area contributed by atoms with E-state index in [9.17, 15) is 5.11 Å². The third kappa shape index (κ3) is 5.36. The quantitative estimate of drug-likeness (QED) is 0.607. The van der Waals surface area contributed by atoms with E-state index in [1.54, 1.807) is 7.11 Å². The van der Waals surface area contributed by atoms with E-state index in [2.05, 4.69) is 24.3 Å². The van der Waals surface area contributed by atoms with E-state index in [0.717, 1.165) is 6.54 Å². The fourth-order valence-corrected chi connectivity index (χ4v) is 2.46. The van der Waals surface area contributed by atoms with Gasteiger partial charge in [0.25, 0.3) is 0 Å². The van der Waals surface area contributed by atoms with Crippen LogP contribution in [0, 0.1) is 0 Å². The number of aliphatic hydroxyl groups excluding tert-OH is 1. The number of methoxy groups -OCH3 is 1. The van der Waals surface area contributed by atoms with Crippen LogP contribution in [0.5, 0.6) is 0 Å². The van der Waals surface area contributed by atoms with Crippen molar-refractivity contribution >= 4 is 0 Å². The van der Waals surface area contributed by atoms with Gasteiger partial charge in [0.2, 0.25) is 0 Å². The monoisotopic (exact) mass is 274 g/mol. The molecule has 0 amide bonds. The van der Waals surface area contributed by atoms with E-state index < -0.39 is 6.10 Å². The number of rotatable bonds is 10. The summed E-state index contributed by atoms with van der Waals surface area (Å²) in [5.41, 5.74) is 0.296. The third-order valence-corrected chi connectivity index (χ3v) is 4.04. The lowest BCUT2D eigenvalue weighted by atomic mass is 9.75. The van der Waals surface area contributed by atoms with Gasteiger partial charge in [-0.1, -0.05) is 0 Å². The van der Waals surface area contributed by atoms with Crippen LogP contribution in [-0.2, 0) is 9.47 Å². The van der Waals surface area contributed by atoms with Gasteiger partial charge < -0.3 is 24.8 Å². The molecule has 5 nitrogen and oxygen atoms in total. The number of likely N-dealkylation sites (N-methyl/N-ethyl adjacent to an activating group) is 1. The Morgan fingerprint density at radius 1 is 1.32 bits per heavy atom. The molecule has 1 aliphatic carbocycles. The van der Waals surface area contributed by atoms with Crippen molar-refractivity contribution < 1.29 is 14.6 Å². The Hall–Kier alpha value is -0.200. The summed E-state index contributed by atoms with van der Waals surface area (Å²) in [5.74, 6) is 0. The molecule has 2 unspecified atom stereocenters. The molecule has 19 heavy (non-hydrogen) atoms. The highest BCUT2D eigenvalue weighted by Gasteiger charge is 2.38. The number of nitrogens with zero attached hydrogens (tertiary/aromatic N) is 1. The van der Waals surface area contributed by atoms with Crippen LogP contribution in [0.3, 0.4) is 0 Å². The van der Waals surface area contributed by atoms with Crippen molar-refractivity contribution in [2.45, 2.75) is 43.9 Å². The standard InChI is InChI=1S/C14H30N2O3/c1-12(9-18-4)19-10-13(17)8-15-11-14(16(2)3)6-5-7-14/h12-13,15,17H,5-11H2,1-4H3. The Balaban J connectivity index is 2.11. The van der Waals surface area contributed by atoms with Crippen molar-refractivity contribution in [1.82, 2.24) is 10.2 Å². The predicted octanol–water partition coefficient (Wildman–Crippen LogP) is 0.473. The summed E-state index contributed by atoms with van der Waals surface area (Å²) in [5, 5.41) is 13.2. The lowest BCUT2D eigenvalue weighted by Gasteiger charge is -2.47. The van der Waals surface area contributed by atoms with Crippen molar-refractivity contribution in [2.24, 2.45) is 0 Å². The first-order chi connectivity index (χ1) is 9.00. The average Bonchev–Trinajstić information content (AvgIpc) is 2.29. The lowest BCUT2D eigenvalue weighted by molar-refractivity contribution is -0.0325. The Morgan fingerprint density at radius 3 is 2.47 bits per heavy atom. The Morgan fingerprint density at radius 2 is 2.00 bits per heavy atom. The number of hydrogen-bond donors (Lipinski definition) is 2. The van der Waals surface area contributed by atoms with Crippen molar-refractivity contribution in [2.75, 3.05) is 47.5 Å². The number of ether oxygens (including phenoxy) is 2. The van der Waals surface area contributed by atoms with Gasteiger partial charge >= 0.3 is 0 Å². The van der Waals surface area contributed by atoms with Gasteiger partial charge in [0, 0.05) is 25.7 Å². The minimum atomic E-state index is -0.460. The molecule has 5 heteroatoms. The van der Waals surface area contributed by atoms with Gasteiger partial charge in [-0.15, -0.1) is 0 Å². The minimum Gasteiger partial charge on any atom is -0.389 e. The second-order valence-electron chi connectivity index (χ2n) is 5.86. The first-order valence-corrected chi connectivity index (χ1v) is 7.17. The van der Waals surface area contributed by atoms with Gasteiger partial charge in [-0.25, -0.2) is 0 Å². The third-order valence-electron chi connectivity index (χ3n) is 4.04. The number of aliphatic hydroxyl groups is 1. The molecule has 1 aliphatic rings. The topological polar surface area (TPSA) is 54.0 Å². The number of hydrogen-bond acceptors (Lipinski definition) is 5. The zero-order valence-corrected chi connectivity index (χ0v) is 12.8. The van der Waals surface area contributed by atoms with Gasteiger partial charge in [-0.2, -0.15) is 0 Å². The first kappa shape index (κ1) is 16.9. The normalized spacial score (nSPS) is 21.2. The largest absolute Gasteiger partial charge is 0.389 e. The van der Waals surface area contributed by atoms with Crippen LogP contribution in [-0.4, -0.2) is 75.3 Å². The smallest absolute Gasteiger partial charge is 0.0897 e. The summed E-state index contributed by atoms with van der Waals surface area (Å²) in [6.07, 6.45) is 3.35. The summed E-state index contributed by atoms with van der Waals surface area (Å²) in [6, 6.07) is 0. The first-order valence-electron chi connectivity index (χ1n) is 7.17.